The first-order chi connectivity index (χ1) is 16.7. The van der Waals surface area contributed by atoms with Gasteiger partial charge in [0.15, 0.2) is 5.65 Å². The highest BCUT2D eigenvalue weighted by molar-refractivity contribution is 7.08. The van der Waals surface area contributed by atoms with Gasteiger partial charge in [-0.15, -0.1) is 0 Å². The van der Waals surface area contributed by atoms with Gasteiger partial charge in [-0.2, -0.15) is 16.4 Å². The Bertz CT molecular complexity index is 1650. The SMILES string of the molecule is CCC(=O)Nc1cncc(-c2cnc3[nH]nc(-c4cc5c(-c6ccsc6)nccc5[nH]4)c3c2)c1. The van der Waals surface area contributed by atoms with Crippen LogP contribution < -0.4 is 5.32 Å². The zero-order valence-corrected chi connectivity index (χ0v) is 19.0. The van der Waals surface area contributed by atoms with Gasteiger partial charge in [0.25, 0.3) is 0 Å². The number of rotatable bonds is 5. The Kier molecular flexibility index (Phi) is 4.88. The van der Waals surface area contributed by atoms with Crippen LogP contribution >= 0.6 is 11.3 Å². The van der Waals surface area contributed by atoms with Crippen molar-refractivity contribution in [3.8, 4) is 33.8 Å². The molecule has 0 spiro atoms. The number of nitrogens with zero attached hydrogens (tertiary/aromatic N) is 4. The number of nitrogens with one attached hydrogen (secondary N) is 3. The molecule has 0 fully saturated rings. The van der Waals surface area contributed by atoms with Crippen molar-refractivity contribution >= 4 is 44.9 Å². The molecule has 0 bridgehead atoms. The molecule has 6 heterocycles. The minimum Gasteiger partial charge on any atom is -0.353 e. The third-order valence-corrected chi connectivity index (χ3v) is 6.37. The number of pyridine rings is 3. The van der Waals surface area contributed by atoms with Crippen LogP contribution in [0, 0.1) is 0 Å². The van der Waals surface area contributed by atoms with E-state index in [2.05, 4.69) is 58.3 Å². The highest BCUT2D eigenvalue weighted by atomic mass is 32.1. The second kappa shape index (κ2) is 8.20. The summed E-state index contributed by atoms with van der Waals surface area (Å²) in [6.07, 6.45) is 7.39. The quantitative estimate of drug-likeness (QED) is 0.305. The molecule has 0 aliphatic rings. The minimum atomic E-state index is -0.0558. The number of hydrogen-bond acceptors (Lipinski definition) is 6. The molecule has 9 heteroatoms. The molecular formula is C25H19N7OS. The van der Waals surface area contributed by atoms with E-state index in [4.69, 9.17) is 0 Å². The van der Waals surface area contributed by atoms with Crippen molar-refractivity contribution in [2.75, 3.05) is 5.32 Å². The van der Waals surface area contributed by atoms with Gasteiger partial charge in [0.1, 0.15) is 5.69 Å². The summed E-state index contributed by atoms with van der Waals surface area (Å²) in [5.41, 5.74) is 7.78. The summed E-state index contributed by atoms with van der Waals surface area (Å²) in [7, 11) is 0. The molecule has 0 aliphatic heterocycles. The predicted molar refractivity (Wildman–Crippen MR) is 134 cm³/mol. The smallest absolute Gasteiger partial charge is 0.224 e. The Morgan fingerprint density at radius 1 is 1.00 bits per heavy atom. The first-order valence-corrected chi connectivity index (χ1v) is 11.7. The normalized spacial score (nSPS) is 11.3. The fraction of sp³-hybridized carbons (Fsp3) is 0.0800. The lowest BCUT2D eigenvalue weighted by Crippen LogP contribution is -2.09. The Balaban J connectivity index is 1.43. The summed E-state index contributed by atoms with van der Waals surface area (Å²) < 4.78 is 0. The molecule has 8 nitrogen and oxygen atoms in total. The Morgan fingerprint density at radius 2 is 1.91 bits per heavy atom. The molecule has 0 atom stereocenters. The summed E-state index contributed by atoms with van der Waals surface area (Å²) in [4.78, 5) is 28.7. The van der Waals surface area contributed by atoms with Crippen LogP contribution in [0.25, 0.3) is 55.7 Å². The second-order valence-corrected chi connectivity index (χ2v) is 8.65. The van der Waals surface area contributed by atoms with Gasteiger partial charge in [-0.3, -0.25) is 19.9 Å². The van der Waals surface area contributed by atoms with E-state index in [9.17, 15) is 4.79 Å². The van der Waals surface area contributed by atoms with Gasteiger partial charge in [0.2, 0.25) is 5.91 Å². The molecule has 3 N–H and O–H groups in total. The van der Waals surface area contributed by atoms with E-state index in [0.717, 1.165) is 50.1 Å². The molecule has 0 radical (unpaired) electrons. The van der Waals surface area contributed by atoms with Crippen molar-refractivity contribution in [1.29, 1.82) is 0 Å². The van der Waals surface area contributed by atoms with Gasteiger partial charge in [0.05, 0.1) is 23.3 Å². The maximum Gasteiger partial charge on any atom is 0.224 e. The van der Waals surface area contributed by atoms with E-state index in [0.29, 0.717) is 17.8 Å². The average molecular weight is 466 g/mol. The number of aromatic amines is 2. The molecule has 0 saturated heterocycles. The average Bonchev–Trinajstić information content (AvgIpc) is 3.62. The van der Waals surface area contributed by atoms with E-state index in [1.165, 1.54) is 0 Å². The van der Waals surface area contributed by atoms with Crippen molar-refractivity contribution in [3.63, 3.8) is 0 Å². The fourth-order valence-corrected chi connectivity index (χ4v) is 4.63. The van der Waals surface area contributed by atoms with Crippen LogP contribution in [-0.4, -0.2) is 36.0 Å². The molecule has 166 valence electrons. The minimum absolute atomic E-state index is 0.0558. The van der Waals surface area contributed by atoms with Crippen LogP contribution in [0.4, 0.5) is 5.69 Å². The fourth-order valence-electron chi connectivity index (χ4n) is 3.99. The van der Waals surface area contributed by atoms with Crippen molar-refractivity contribution < 1.29 is 4.79 Å². The Labute approximate surface area is 198 Å². The number of carbonyl (C=O) groups excluding carboxylic acids is 1. The predicted octanol–water partition coefficient (Wildman–Crippen LogP) is 5.64. The molecular weight excluding hydrogens is 446 g/mol. The van der Waals surface area contributed by atoms with E-state index >= 15 is 0 Å². The van der Waals surface area contributed by atoms with Gasteiger partial charge in [-0.25, -0.2) is 4.98 Å². The number of carbonyl (C=O) groups is 1. The van der Waals surface area contributed by atoms with Crippen LogP contribution in [0.5, 0.6) is 0 Å². The maximum absolute atomic E-state index is 11.8. The van der Waals surface area contributed by atoms with Crippen LogP contribution in [-0.2, 0) is 4.79 Å². The monoisotopic (exact) mass is 465 g/mol. The van der Waals surface area contributed by atoms with E-state index < -0.39 is 0 Å². The van der Waals surface area contributed by atoms with Crippen LogP contribution in [0.1, 0.15) is 13.3 Å². The molecule has 6 aromatic heterocycles. The molecule has 0 aliphatic carbocycles. The van der Waals surface area contributed by atoms with Crippen molar-refractivity contribution in [3.05, 3.63) is 65.9 Å². The summed E-state index contributed by atoms with van der Waals surface area (Å²) >= 11 is 1.65. The van der Waals surface area contributed by atoms with E-state index in [1.54, 1.807) is 29.9 Å². The van der Waals surface area contributed by atoms with Gasteiger partial charge in [-0.05, 0) is 35.7 Å². The first kappa shape index (κ1) is 20.3. The van der Waals surface area contributed by atoms with E-state index in [1.807, 2.05) is 31.3 Å². The lowest BCUT2D eigenvalue weighted by Gasteiger charge is -2.06. The van der Waals surface area contributed by atoms with E-state index in [-0.39, 0.29) is 5.91 Å². The van der Waals surface area contributed by atoms with Crippen molar-refractivity contribution in [2.45, 2.75) is 13.3 Å². The standard InChI is InChI=1S/C25H19N7OS/c1-2-22(33)29-17-7-15(10-26-12-17)16-8-19-24(31-32-25(19)28-11-16)21-9-18-20(30-21)3-5-27-23(18)14-4-6-34-13-14/h3-13,30H,2H2,1H3,(H,29,33)(H,28,31,32). The summed E-state index contributed by atoms with van der Waals surface area (Å²) in [5.74, 6) is -0.0558. The zero-order chi connectivity index (χ0) is 23.1. The number of anilines is 1. The highest BCUT2D eigenvalue weighted by Crippen LogP contribution is 2.34. The molecule has 6 aromatic rings. The topological polar surface area (TPSA) is 112 Å². The van der Waals surface area contributed by atoms with Gasteiger partial charge in [-0.1, -0.05) is 6.92 Å². The van der Waals surface area contributed by atoms with Crippen molar-refractivity contribution in [1.82, 2.24) is 30.1 Å². The molecule has 34 heavy (non-hydrogen) atoms. The van der Waals surface area contributed by atoms with Crippen LogP contribution in [0.15, 0.2) is 65.9 Å². The lowest BCUT2D eigenvalue weighted by molar-refractivity contribution is -0.115. The Hall–Kier alpha value is -4.37. The molecule has 6 rings (SSSR count). The van der Waals surface area contributed by atoms with Crippen LogP contribution in [0.3, 0.4) is 0 Å². The number of amides is 1. The molecule has 0 saturated carbocycles. The van der Waals surface area contributed by atoms with Gasteiger partial charge < -0.3 is 10.3 Å². The second-order valence-electron chi connectivity index (χ2n) is 7.87. The number of aromatic nitrogens is 6. The third-order valence-electron chi connectivity index (χ3n) is 5.69. The molecule has 1 amide bonds. The third kappa shape index (κ3) is 3.52. The summed E-state index contributed by atoms with van der Waals surface area (Å²) in [5, 5.41) is 16.5. The largest absolute Gasteiger partial charge is 0.353 e. The van der Waals surface area contributed by atoms with Gasteiger partial charge >= 0.3 is 0 Å². The molecule has 0 unspecified atom stereocenters. The Morgan fingerprint density at radius 3 is 2.76 bits per heavy atom. The number of thiophene rings is 1. The number of fused-ring (bicyclic) bond motifs is 2. The summed E-state index contributed by atoms with van der Waals surface area (Å²) in [6, 6.07) is 10.1. The first-order valence-electron chi connectivity index (χ1n) is 10.8. The highest BCUT2D eigenvalue weighted by Gasteiger charge is 2.16. The molecule has 0 aromatic carbocycles. The maximum atomic E-state index is 11.8. The zero-order valence-electron chi connectivity index (χ0n) is 18.2. The van der Waals surface area contributed by atoms with Crippen LogP contribution in [0.2, 0.25) is 0 Å². The lowest BCUT2D eigenvalue weighted by atomic mass is 10.1. The summed E-state index contributed by atoms with van der Waals surface area (Å²) in [6.45, 7) is 1.81. The number of hydrogen-bond donors (Lipinski definition) is 3. The number of H-pyrrole nitrogens is 2. The van der Waals surface area contributed by atoms with Gasteiger partial charge in [0, 0.05) is 63.4 Å². The van der Waals surface area contributed by atoms with Crippen molar-refractivity contribution in [2.24, 2.45) is 0 Å².